The summed E-state index contributed by atoms with van der Waals surface area (Å²) in [5.41, 5.74) is 1.53. The molecule has 2 aromatic rings. The lowest BCUT2D eigenvalue weighted by Gasteiger charge is -2.33. The number of hydrogen-bond donors (Lipinski definition) is 0. The first kappa shape index (κ1) is 17.6. The van der Waals surface area contributed by atoms with E-state index in [0.29, 0.717) is 30.3 Å². The average molecular weight is 359 g/mol. The molecule has 130 valence electrons. The van der Waals surface area contributed by atoms with E-state index in [-0.39, 0.29) is 30.6 Å². The molecular weight excluding hydrogens is 340 g/mol. The fraction of sp³-hybridized carbons (Fsp3) is 0.316. The number of ether oxygens (including phenoxy) is 1. The molecule has 2 heterocycles. The molecule has 1 saturated heterocycles. The van der Waals surface area contributed by atoms with Crippen molar-refractivity contribution in [3.05, 3.63) is 64.9 Å². The third kappa shape index (κ3) is 4.65. The van der Waals surface area contributed by atoms with Gasteiger partial charge in [0.25, 0.3) is 0 Å². The van der Waals surface area contributed by atoms with Crippen LogP contribution in [0.4, 0.5) is 0 Å². The van der Waals surface area contributed by atoms with Crippen LogP contribution in [0.5, 0.6) is 0 Å². The lowest BCUT2D eigenvalue weighted by atomic mass is 10.1. The second-order valence-corrected chi connectivity index (χ2v) is 6.35. The summed E-state index contributed by atoms with van der Waals surface area (Å²) in [5.74, 6) is -0.0940. The van der Waals surface area contributed by atoms with Crippen LogP contribution in [0.3, 0.4) is 0 Å². The first-order valence-electron chi connectivity index (χ1n) is 8.21. The molecule has 3 rings (SSSR count). The number of aromatic nitrogens is 1. The molecule has 1 amide bonds. The maximum atomic E-state index is 12.4. The fourth-order valence-corrected chi connectivity index (χ4v) is 2.93. The SMILES string of the molecule is O=C(CCC(=O)N1CCOC(c2ccc(Cl)cc2)C1)c1cccnc1. The molecule has 1 fully saturated rings. The number of ketones is 1. The predicted octanol–water partition coefficient (Wildman–Crippen LogP) is 3.30. The summed E-state index contributed by atoms with van der Waals surface area (Å²) in [4.78, 5) is 30.2. The summed E-state index contributed by atoms with van der Waals surface area (Å²) in [6, 6.07) is 10.9. The van der Waals surface area contributed by atoms with Gasteiger partial charge in [-0.05, 0) is 29.8 Å². The molecule has 0 bridgehead atoms. The average Bonchev–Trinajstić information content (AvgIpc) is 2.67. The van der Waals surface area contributed by atoms with Crippen LogP contribution < -0.4 is 0 Å². The molecule has 1 aromatic heterocycles. The van der Waals surface area contributed by atoms with E-state index in [1.807, 2.05) is 24.3 Å². The Bertz CT molecular complexity index is 734. The van der Waals surface area contributed by atoms with Gasteiger partial charge in [0.2, 0.25) is 5.91 Å². The molecule has 0 spiro atoms. The normalized spacial score (nSPS) is 17.3. The van der Waals surface area contributed by atoms with E-state index < -0.39 is 0 Å². The number of hydrogen-bond acceptors (Lipinski definition) is 4. The van der Waals surface area contributed by atoms with Crippen LogP contribution >= 0.6 is 11.6 Å². The van der Waals surface area contributed by atoms with E-state index >= 15 is 0 Å². The standard InChI is InChI=1S/C19H19ClN2O3/c20-16-5-3-14(4-6-16)18-13-22(10-11-25-18)19(24)8-7-17(23)15-2-1-9-21-12-15/h1-6,9,12,18H,7-8,10-11,13H2. The quantitative estimate of drug-likeness (QED) is 0.769. The van der Waals surface area contributed by atoms with E-state index in [9.17, 15) is 9.59 Å². The summed E-state index contributed by atoms with van der Waals surface area (Å²) >= 11 is 5.91. The van der Waals surface area contributed by atoms with Gasteiger partial charge in [0.1, 0.15) is 6.10 Å². The molecule has 0 saturated carbocycles. The minimum atomic E-state index is -0.163. The third-order valence-corrected chi connectivity index (χ3v) is 4.46. The van der Waals surface area contributed by atoms with Gasteiger partial charge in [0, 0.05) is 42.4 Å². The Hall–Kier alpha value is -2.24. The second-order valence-electron chi connectivity index (χ2n) is 5.92. The van der Waals surface area contributed by atoms with Gasteiger partial charge in [-0.15, -0.1) is 0 Å². The molecule has 6 heteroatoms. The Kier molecular flexibility index (Phi) is 5.79. The van der Waals surface area contributed by atoms with Gasteiger partial charge in [0.05, 0.1) is 13.2 Å². The molecule has 1 aliphatic heterocycles. The number of carbonyl (C=O) groups is 2. The van der Waals surface area contributed by atoms with Crippen molar-refractivity contribution in [3.63, 3.8) is 0 Å². The van der Waals surface area contributed by atoms with Gasteiger partial charge < -0.3 is 9.64 Å². The number of amides is 1. The minimum absolute atomic E-state index is 0.0282. The maximum absolute atomic E-state index is 12.4. The lowest BCUT2D eigenvalue weighted by Crippen LogP contribution is -2.42. The van der Waals surface area contributed by atoms with Crippen molar-refractivity contribution < 1.29 is 14.3 Å². The summed E-state index contributed by atoms with van der Waals surface area (Å²) in [6.07, 6.45) is 3.36. The van der Waals surface area contributed by atoms with E-state index in [4.69, 9.17) is 16.3 Å². The highest BCUT2D eigenvalue weighted by atomic mass is 35.5. The molecule has 1 unspecified atom stereocenters. The van der Waals surface area contributed by atoms with Crippen LogP contribution in [0.2, 0.25) is 5.02 Å². The molecular formula is C19H19ClN2O3. The Labute approximate surface area is 151 Å². The topological polar surface area (TPSA) is 59.5 Å². The number of morpholine rings is 1. The van der Waals surface area contributed by atoms with E-state index in [0.717, 1.165) is 5.56 Å². The van der Waals surface area contributed by atoms with Gasteiger partial charge in [0.15, 0.2) is 5.78 Å². The summed E-state index contributed by atoms with van der Waals surface area (Å²) in [6.45, 7) is 1.52. The smallest absolute Gasteiger partial charge is 0.223 e. The van der Waals surface area contributed by atoms with Crippen LogP contribution in [0.15, 0.2) is 48.8 Å². The first-order valence-corrected chi connectivity index (χ1v) is 8.59. The highest BCUT2D eigenvalue weighted by Gasteiger charge is 2.25. The van der Waals surface area contributed by atoms with Crippen LogP contribution in [0.1, 0.15) is 34.9 Å². The molecule has 1 atom stereocenters. The number of nitrogens with zero attached hydrogens (tertiary/aromatic N) is 2. The molecule has 0 N–H and O–H groups in total. The summed E-state index contributed by atoms with van der Waals surface area (Å²) < 4.78 is 5.77. The summed E-state index contributed by atoms with van der Waals surface area (Å²) in [5, 5.41) is 0.668. The zero-order valence-corrected chi connectivity index (χ0v) is 14.5. The zero-order chi connectivity index (χ0) is 17.6. The molecule has 0 aliphatic carbocycles. The Morgan fingerprint density at radius 1 is 1.20 bits per heavy atom. The number of rotatable bonds is 5. The van der Waals surface area contributed by atoms with E-state index in [1.54, 1.807) is 23.2 Å². The van der Waals surface area contributed by atoms with E-state index in [2.05, 4.69) is 4.98 Å². The number of halogens is 1. The van der Waals surface area contributed by atoms with Crippen molar-refractivity contribution in [2.24, 2.45) is 0 Å². The van der Waals surface area contributed by atoms with Crippen molar-refractivity contribution in [1.82, 2.24) is 9.88 Å². The zero-order valence-electron chi connectivity index (χ0n) is 13.7. The van der Waals surface area contributed by atoms with Crippen LogP contribution in [0, 0.1) is 0 Å². The molecule has 1 aliphatic rings. The third-order valence-electron chi connectivity index (χ3n) is 4.21. The predicted molar refractivity (Wildman–Crippen MR) is 94.5 cm³/mol. The lowest BCUT2D eigenvalue weighted by molar-refractivity contribution is -0.139. The fourth-order valence-electron chi connectivity index (χ4n) is 2.81. The first-order chi connectivity index (χ1) is 12.1. The highest BCUT2D eigenvalue weighted by molar-refractivity contribution is 6.30. The van der Waals surface area contributed by atoms with Crippen molar-refractivity contribution in [2.45, 2.75) is 18.9 Å². The van der Waals surface area contributed by atoms with E-state index in [1.165, 1.54) is 6.20 Å². The minimum Gasteiger partial charge on any atom is -0.370 e. The second kappa shape index (κ2) is 8.23. The van der Waals surface area contributed by atoms with Gasteiger partial charge in [-0.3, -0.25) is 14.6 Å². The highest BCUT2D eigenvalue weighted by Crippen LogP contribution is 2.24. The molecule has 0 radical (unpaired) electrons. The number of carbonyl (C=O) groups excluding carboxylic acids is 2. The number of benzene rings is 1. The Morgan fingerprint density at radius 3 is 2.72 bits per heavy atom. The van der Waals surface area contributed by atoms with Gasteiger partial charge in [-0.2, -0.15) is 0 Å². The van der Waals surface area contributed by atoms with Gasteiger partial charge in [-0.25, -0.2) is 0 Å². The number of Topliss-reactive ketones (excluding diaryl/α,β-unsaturated/α-hetero) is 1. The van der Waals surface area contributed by atoms with Crippen LogP contribution in [-0.2, 0) is 9.53 Å². The number of pyridine rings is 1. The van der Waals surface area contributed by atoms with Crippen LogP contribution in [0.25, 0.3) is 0 Å². The molecule has 1 aromatic carbocycles. The maximum Gasteiger partial charge on any atom is 0.223 e. The van der Waals surface area contributed by atoms with Crippen molar-refractivity contribution in [2.75, 3.05) is 19.7 Å². The van der Waals surface area contributed by atoms with Crippen molar-refractivity contribution in [3.8, 4) is 0 Å². The largest absolute Gasteiger partial charge is 0.370 e. The Balaban J connectivity index is 1.55. The van der Waals surface area contributed by atoms with Crippen LogP contribution in [-0.4, -0.2) is 41.3 Å². The van der Waals surface area contributed by atoms with Crippen molar-refractivity contribution >= 4 is 23.3 Å². The molecule has 25 heavy (non-hydrogen) atoms. The van der Waals surface area contributed by atoms with Gasteiger partial charge >= 0.3 is 0 Å². The molecule has 5 nitrogen and oxygen atoms in total. The van der Waals surface area contributed by atoms with Gasteiger partial charge in [-0.1, -0.05) is 23.7 Å². The summed E-state index contributed by atoms with van der Waals surface area (Å²) in [7, 11) is 0. The monoisotopic (exact) mass is 358 g/mol. The Morgan fingerprint density at radius 2 is 2.00 bits per heavy atom. The van der Waals surface area contributed by atoms with Crippen molar-refractivity contribution in [1.29, 1.82) is 0 Å².